The van der Waals surface area contributed by atoms with Crippen molar-refractivity contribution in [2.75, 3.05) is 11.9 Å². The van der Waals surface area contributed by atoms with Gasteiger partial charge in [0.05, 0.1) is 11.5 Å². The second-order valence-corrected chi connectivity index (χ2v) is 4.68. The Labute approximate surface area is 100 Å². The number of nitrogens with one attached hydrogen (secondary N) is 1. The molecule has 0 aromatic heterocycles. The SMILES string of the molecule is CC(C)(C#N)CCCNc1cc(F)cc(F)c1. The zero-order valence-electron chi connectivity index (χ0n) is 10.1. The average Bonchev–Trinajstić information content (AvgIpc) is 2.23. The van der Waals surface area contributed by atoms with Crippen LogP contribution in [0, 0.1) is 28.4 Å². The van der Waals surface area contributed by atoms with Crippen LogP contribution in [-0.2, 0) is 0 Å². The maximum absolute atomic E-state index is 12.9. The molecule has 1 aromatic rings. The molecular weight excluding hydrogens is 222 g/mol. The fourth-order valence-corrected chi connectivity index (χ4v) is 1.47. The third-order valence-electron chi connectivity index (χ3n) is 2.47. The largest absolute Gasteiger partial charge is 0.385 e. The lowest BCUT2D eigenvalue weighted by Gasteiger charge is -2.15. The highest BCUT2D eigenvalue weighted by Gasteiger charge is 2.15. The Morgan fingerprint density at radius 3 is 2.35 bits per heavy atom. The van der Waals surface area contributed by atoms with Crippen molar-refractivity contribution in [2.24, 2.45) is 5.41 Å². The van der Waals surface area contributed by atoms with Gasteiger partial charge in [0.15, 0.2) is 0 Å². The third kappa shape index (κ3) is 4.81. The summed E-state index contributed by atoms with van der Waals surface area (Å²) in [7, 11) is 0. The molecule has 17 heavy (non-hydrogen) atoms. The standard InChI is InChI=1S/C13H16F2N2/c1-13(2,9-16)4-3-5-17-12-7-10(14)6-11(15)8-12/h6-8,17H,3-5H2,1-2H3. The van der Waals surface area contributed by atoms with Crippen LogP contribution in [0.1, 0.15) is 26.7 Å². The quantitative estimate of drug-likeness (QED) is 0.794. The van der Waals surface area contributed by atoms with Crippen LogP contribution < -0.4 is 5.32 Å². The topological polar surface area (TPSA) is 35.8 Å². The number of nitriles is 1. The normalized spacial score (nSPS) is 11.0. The first kappa shape index (κ1) is 13.4. The van der Waals surface area contributed by atoms with E-state index >= 15 is 0 Å². The minimum absolute atomic E-state index is 0.352. The van der Waals surface area contributed by atoms with Crippen LogP contribution in [-0.4, -0.2) is 6.54 Å². The molecule has 1 aromatic carbocycles. The maximum atomic E-state index is 12.9. The minimum Gasteiger partial charge on any atom is -0.385 e. The van der Waals surface area contributed by atoms with Crippen molar-refractivity contribution < 1.29 is 8.78 Å². The second-order valence-electron chi connectivity index (χ2n) is 4.68. The van der Waals surface area contributed by atoms with Gasteiger partial charge in [-0.25, -0.2) is 8.78 Å². The van der Waals surface area contributed by atoms with Crippen LogP contribution in [0.2, 0.25) is 0 Å². The first-order valence-corrected chi connectivity index (χ1v) is 5.54. The highest BCUT2D eigenvalue weighted by Crippen LogP contribution is 2.20. The Hall–Kier alpha value is -1.63. The number of rotatable bonds is 5. The molecule has 0 unspecified atom stereocenters. The Kier molecular flexibility index (Phi) is 4.45. The van der Waals surface area contributed by atoms with Crippen molar-refractivity contribution in [2.45, 2.75) is 26.7 Å². The van der Waals surface area contributed by atoms with Crippen molar-refractivity contribution in [3.8, 4) is 6.07 Å². The van der Waals surface area contributed by atoms with E-state index in [4.69, 9.17) is 5.26 Å². The molecule has 0 amide bonds. The van der Waals surface area contributed by atoms with Crippen LogP contribution in [0.15, 0.2) is 18.2 Å². The van der Waals surface area contributed by atoms with E-state index in [9.17, 15) is 8.78 Å². The van der Waals surface area contributed by atoms with E-state index in [1.54, 1.807) is 0 Å². The molecule has 4 heteroatoms. The average molecular weight is 238 g/mol. The molecule has 1 N–H and O–H groups in total. The molecule has 0 saturated carbocycles. The van der Waals surface area contributed by atoms with E-state index < -0.39 is 11.6 Å². The van der Waals surface area contributed by atoms with Gasteiger partial charge in [-0.2, -0.15) is 5.26 Å². The Morgan fingerprint density at radius 2 is 1.82 bits per heavy atom. The maximum Gasteiger partial charge on any atom is 0.128 e. The van der Waals surface area contributed by atoms with Crippen LogP contribution in [0.3, 0.4) is 0 Å². The Bertz CT molecular complexity index is 402. The second kappa shape index (κ2) is 5.62. The lowest BCUT2D eigenvalue weighted by molar-refractivity contribution is 0.441. The summed E-state index contributed by atoms with van der Waals surface area (Å²) in [6.45, 7) is 4.33. The molecule has 0 aliphatic rings. The summed E-state index contributed by atoms with van der Waals surface area (Å²) in [6.07, 6.45) is 1.52. The first-order chi connectivity index (χ1) is 7.93. The Morgan fingerprint density at radius 1 is 1.24 bits per heavy atom. The van der Waals surface area contributed by atoms with Crippen molar-refractivity contribution in [1.29, 1.82) is 5.26 Å². The summed E-state index contributed by atoms with van der Waals surface area (Å²) in [5.74, 6) is -1.19. The lowest BCUT2D eigenvalue weighted by atomic mass is 9.90. The van der Waals surface area contributed by atoms with Crippen molar-refractivity contribution in [3.63, 3.8) is 0 Å². The molecular formula is C13H16F2N2. The summed E-state index contributed by atoms with van der Waals surface area (Å²) in [5, 5.41) is 11.7. The van der Waals surface area contributed by atoms with Crippen LogP contribution in [0.5, 0.6) is 0 Å². The molecule has 0 aliphatic heterocycles. The molecule has 92 valence electrons. The molecule has 1 rings (SSSR count). The van der Waals surface area contributed by atoms with Gasteiger partial charge in [0.1, 0.15) is 11.6 Å². The van der Waals surface area contributed by atoms with E-state index in [2.05, 4.69) is 11.4 Å². The predicted molar refractivity (Wildman–Crippen MR) is 63.5 cm³/mol. The van der Waals surface area contributed by atoms with Gasteiger partial charge in [-0.1, -0.05) is 0 Å². The fraction of sp³-hybridized carbons (Fsp3) is 0.462. The number of hydrogen-bond donors (Lipinski definition) is 1. The molecule has 0 spiro atoms. The van der Waals surface area contributed by atoms with E-state index in [0.717, 1.165) is 18.9 Å². The van der Waals surface area contributed by atoms with E-state index in [1.165, 1.54) is 12.1 Å². The van der Waals surface area contributed by atoms with Gasteiger partial charge in [-0.3, -0.25) is 0 Å². The highest BCUT2D eigenvalue weighted by atomic mass is 19.1. The number of nitrogens with zero attached hydrogens (tertiary/aromatic N) is 1. The third-order valence-corrected chi connectivity index (χ3v) is 2.47. The summed E-state index contributed by atoms with van der Waals surface area (Å²) < 4.78 is 25.7. The molecule has 0 heterocycles. The smallest absolute Gasteiger partial charge is 0.128 e. The predicted octanol–water partition coefficient (Wildman–Crippen LogP) is 3.71. The van der Waals surface area contributed by atoms with Gasteiger partial charge in [0.25, 0.3) is 0 Å². The van der Waals surface area contributed by atoms with Gasteiger partial charge >= 0.3 is 0 Å². The van der Waals surface area contributed by atoms with Crippen molar-refractivity contribution >= 4 is 5.69 Å². The molecule has 0 fully saturated rings. The number of halogens is 2. The number of benzene rings is 1. The first-order valence-electron chi connectivity index (χ1n) is 5.54. The molecule has 0 atom stereocenters. The molecule has 2 nitrogen and oxygen atoms in total. The zero-order valence-corrected chi connectivity index (χ0v) is 10.1. The monoisotopic (exact) mass is 238 g/mol. The summed E-state index contributed by atoms with van der Waals surface area (Å²) >= 11 is 0. The highest BCUT2D eigenvalue weighted by molar-refractivity contribution is 5.43. The summed E-state index contributed by atoms with van der Waals surface area (Å²) in [4.78, 5) is 0. The number of hydrogen-bond acceptors (Lipinski definition) is 2. The van der Waals surface area contributed by atoms with Gasteiger partial charge in [0, 0.05) is 18.3 Å². The molecule has 0 bridgehead atoms. The van der Waals surface area contributed by atoms with Crippen LogP contribution in [0.4, 0.5) is 14.5 Å². The van der Waals surface area contributed by atoms with E-state index in [0.29, 0.717) is 12.2 Å². The van der Waals surface area contributed by atoms with Crippen molar-refractivity contribution in [1.82, 2.24) is 0 Å². The Balaban J connectivity index is 2.39. The number of anilines is 1. The lowest BCUT2D eigenvalue weighted by Crippen LogP contribution is -2.11. The fourth-order valence-electron chi connectivity index (χ4n) is 1.47. The van der Waals surface area contributed by atoms with Gasteiger partial charge in [-0.15, -0.1) is 0 Å². The van der Waals surface area contributed by atoms with E-state index in [1.807, 2.05) is 13.8 Å². The molecule has 0 aliphatic carbocycles. The van der Waals surface area contributed by atoms with Crippen molar-refractivity contribution in [3.05, 3.63) is 29.8 Å². The van der Waals surface area contributed by atoms with Gasteiger partial charge < -0.3 is 5.32 Å². The van der Waals surface area contributed by atoms with Gasteiger partial charge in [0.2, 0.25) is 0 Å². The van der Waals surface area contributed by atoms with E-state index in [-0.39, 0.29) is 5.41 Å². The zero-order chi connectivity index (χ0) is 12.9. The van der Waals surface area contributed by atoms with Crippen LogP contribution in [0.25, 0.3) is 0 Å². The summed E-state index contributed by atoms with van der Waals surface area (Å²) in [5.41, 5.74) is 0.0757. The molecule has 0 saturated heterocycles. The summed E-state index contributed by atoms with van der Waals surface area (Å²) in [6, 6.07) is 5.54. The minimum atomic E-state index is -0.593. The molecule has 0 radical (unpaired) electrons. The van der Waals surface area contributed by atoms with Gasteiger partial charge in [-0.05, 0) is 38.8 Å². The van der Waals surface area contributed by atoms with Crippen LogP contribution >= 0.6 is 0 Å².